The summed E-state index contributed by atoms with van der Waals surface area (Å²) in [5.41, 5.74) is 12.4. The second-order valence-electron chi connectivity index (χ2n) is 16.0. The quantitative estimate of drug-likeness (QED) is 0.121. The van der Waals surface area contributed by atoms with Gasteiger partial charge in [0.1, 0.15) is 0 Å². The van der Waals surface area contributed by atoms with Gasteiger partial charge >= 0.3 is 0 Å². The second kappa shape index (κ2) is 13.9. The lowest BCUT2D eigenvalue weighted by Crippen LogP contribution is -1.91. The Morgan fingerprint density at radius 1 is 0.167 bits per heavy atom. The molecule has 0 amide bonds. The van der Waals surface area contributed by atoms with E-state index in [0.717, 1.165) is 0 Å². The fraction of sp³-hybridized carbons (Fsp3) is 0. The van der Waals surface area contributed by atoms with Crippen molar-refractivity contribution in [1.29, 1.82) is 0 Å². The van der Waals surface area contributed by atoms with Crippen molar-refractivity contribution in [1.82, 2.24) is 0 Å². The van der Waals surface area contributed by atoms with Gasteiger partial charge in [-0.1, -0.05) is 206 Å². The zero-order chi connectivity index (χ0) is 39.6. The average Bonchev–Trinajstić information content (AvgIpc) is 3.32. The summed E-state index contributed by atoms with van der Waals surface area (Å²) in [7, 11) is 0. The Kier molecular flexibility index (Phi) is 7.96. The molecule has 12 aromatic rings. The molecule has 0 bridgehead atoms. The minimum atomic E-state index is 1.21. The SMILES string of the molecule is c1ccc2cc(-c3ccc(-c4c5ccccc5c(-c5ccc6ccc(-c7ccc(-c8cc9ccccc9c9ccccc89)cc7)cc6c5)c5ccccc45)cc3)ccc2c1. The van der Waals surface area contributed by atoms with Gasteiger partial charge in [0.25, 0.3) is 0 Å². The molecule has 0 heterocycles. The van der Waals surface area contributed by atoms with Crippen LogP contribution >= 0.6 is 0 Å². The largest absolute Gasteiger partial charge is 0.0616 e. The molecule has 278 valence electrons. The monoisotopic (exact) mass is 758 g/mol. The Bertz CT molecular complexity index is 3570. The number of hydrogen-bond donors (Lipinski definition) is 0. The smallest absolute Gasteiger partial charge is 0.00262 e. The Labute approximate surface area is 349 Å². The number of benzene rings is 12. The molecular weight excluding hydrogens is 721 g/mol. The Balaban J connectivity index is 0.936. The first-order valence-corrected chi connectivity index (χ1v) is 20.8. The van der Waals surface area contributed by atoms with Crippen LogP contribution in [-0.2, 0) is 0 Å². The maximum absolute atomic E-state index is 2.39. The van der Waals surface area contributed by atoms with E-state index < -0.39 is 0 Å². The molecule has 0 unspecified atom stereocenters. The summed E-state index contributed by atoms with van der Waals surface area (Å²) < 4.78 is 0. The molecule has 12 rings (SSSR count). The van der Waals surface area contributed by atoms with E-state index in [1.54, 1.807) is 0 Å². The molecule has 0 radical (unpaired) electrons. The van der Waals surface area contributed by atoms with Crippen LogP contribution in [0.3, 0.4) is 0 Å². The lowest BCUT2D eigenvalue weighted by Gasteiger charge is -2.18. The normalized spacial score (nSPS) is 11.7. The van der Waals surface area contributed by atoms with Gasteiger partial charge in [-0.05, 0) is 145 Å². The van der Waals surface area contributed by atoms with Gasteiger partial charge in [0, 0.05) is 0 Å². The molecule has 0 fully saturated rings. The molecule has 0 saturated carbocycles. The molecule has 0 heteroatoms. The van der Waals surface area contributed by atoms with E-state index in [0.29, 0.717) is 0 Å². The molecule has 0 atom stereocenters. The van der Waals surface area contributed by atoms with Crippen LogP contribution in [0.5, 0.6) is 0 Å². The molecule has 0 aliphatic carbocycles. The first-order chi connectivity index (χ1) is 29.7. The van der Waals surface area contributed by atoms with E-state index in [9.17, 15) is 0 Å². The van der Waals surface area contributed by atoms with Crippen LogP contribution in [0.1, 0.15) is 0 Å². The van der Waals surface area contributed by atoms with E-state index in [1.807, 2.05) is 0 Å². The van der Waals surface area contributed by atoms with Gasteiger partial charge in [-0.2, -0.15) is 0 Å². The summed E-state index contributed by atoms with van der Waals surface area (Å²) in [6.45, 7) is 0. The molecule has 60 heavy (non-hydrogen) atoms. The van der Waals surface area contributed by atoms with Crippen molar-refractivity contribution < 1.29 is 0 Å². The molecule has 0 aliphatic heterocycles. The van der Waals surface area contributed by atoms with Crippen molar-refractivity contribution >= 4 is 64.6 Å². The van der Waals surface area contributed by atoms with Crippen molar-refractivity contribution in [3.8, 4) is 55.6 Å². The highest BCUT2D eigenvalue weighted by Gasteiger charge is 2.17. The molecule has 0 aliphatic rings. The lowest BCUT2D eigenvalue weighted by atomic mass is 9.85. The van der Waals surface area contributed by atoms with Crippen LogP contribution < -0.4 is 0 Å². The summed E-state index contributed by atoms with van der Waals surface area (Å²) in [5, 5.41) is 15.2. The number of hydrogen-bond acceptors (Lipinski definition) is 0. The topological polar surface area (TPSA) is 0 Å². The van der Waals surface area contributed by atoms with Crippen molar-refractivity contribution in [2.24, 2.45) is 0 Å². The molecular formula is C60H38. The third kappa shape index (κ3) is 5.69. The highest BCUT2D eigenvalue weighted by atomic mass is 14.2. The van der Waals surface area contributed by atoms with Crippen molar-refractivity contribution in [3.63, 3.8) is 0 Å². The van der Waals surface area contributed by atoms with E-state index >= 15 is 0 Å². The van der Waals surface area contributed by atoms with Crippen LogP contribution in [0.4, 0.5) is 0 Å². The van der Waals surface area contributed by atoms with Gasteiger partial charge in [-0.3, -0.25) is 0 Å². The summed E-state index contributed by atoms with van der Waals surface area (Å²) in [4.78, 5) is 0. The van der Waals surface area contributed by atoms with Crippen molar-refractivity contribution in [3.05, 3.63) is 231 Å². The van der Waals surface area contributed by atoms with Crippen LogP contribution in [-0.4, -0.2) is 0 Å². The Morgan fingerprint density at radius 2 is 0.533 bits per heavy atom. The van der Waals surface area contributed by atoms with Crippen LogP contribution in [0, 0.1) is 0 Å². The van der Waals surface area contributed by atoms with Crippen LogP contribution in [0.15, 0.2) is 231 Å². The second-order valence-corrected chi connectivity index (χ2v) is 16.0. The summed E-state index contributed by atoms with van der Waals surface area (Å²) in [6, 6.07) is 85.1. The molecule has 0 nitrogen and oxygen atoms in total. The van der Waals surface area contributed by atoms with E-state index in [-0.39, 0.29) is 0 Å². The molecule has 12 aromatic carbocycles. The summed E-state index contributed by atoms with van der Waals surface area (Å²) in [6.07, 6.45) is 0. The molecule has 0 spiro atoms. The predicted molar refractivity (Wildman–Crippen MR) is 259 cm³/mol. The lowest BCUT2D eigenvalue weighted by molar-refractivity contribution is 1.62. The standard InChI is InChI=1S/C60H38/c1-2-12-45-35-46(32-25-39(45)11-1)41-23-30-44(31-24-41)59-54-17-7-9-19-56(54)60(57-20-10-8-18-55(57)59)49-34-27-42-26-33-47(36-50(42)37-49)40-21-28-43(29-22-40)58-38-48-13-3-4-14-51(48)52-15-5-6-16-53(52)58/h1-38H. The van der Waals surface area contributed by atoms with Crippen LogP contribution in [0.2, 0.25) is 0 Å². The zero-order valence-electron chi connectivity index (χ0n) is 32.9. The number of fused-ring (bicyclic) bond motifs is 7. The molecule has 0 saturated heterocycles. The van der Waals surface area contributed by atoms with Crippen LogP contribution in [0.25, 0.3) is 120 Å². The fourth-order valence-electron chi connectivity index (χ4n) is 9.67. The fourth-order valence-corrected chi connectivity index (χ4v) is 9.67. The first kappa shape index (κ1) is 34.3. The van der Waals surface area contributed by atoms with E-state index in [2.05, 4.69) is 231 Å². The first-order valence-electron chi connectivity index (χ1n) is 20.8. The van der Waals surface area contributed by atoms with Gasteiger partial charge in [0.15, 0.2) is 0 Å². The minimum absolute atomic E-state index is 1.21. The maximum atomic E-state index is 2.39. The van der Waals surface area contributed by atoms with Crippen molar-refractivity contribution in [2.75, 3.05) is 0 Å². The zero-order valence-corrected chi connectivity index (χ0v) is 32.9. The number of rotatable bonds is 5. The van der Waals surface area contributed by atoms with Crippen molar-refractivity contribution in [2.45, 2.75) is 0 Å². The Morgan fingerprint density at radius 3 is 1.13 bits per heavy atom. The van der Waals surface area contributed by atoms with Gasteiger partial charge in [-0.15, -0.1) is 0 Å². The average molecular weight is 759 g/mol. The third-order valence-electron chi connectivity index (χ3n) is 12.6. The van der Waals surface area contributed by atoms with E-state index in [4.69, 9.17) is 0 Å². The van der Waals surface area contributed by atoms with E-state index in [1.165, 1.54) is 120 Å². The van der Waals surface area contributed by atoms with Gasteiger partial charge in [0.2, 0.25) is 0 Å². The van der Waals surface area contributed by atoms with Gasteiger partial charge in [0.05, 0.1) is 0 Å². The summed E-state index contributed by atoms with van der Waals surface area (Å²) in [5.74, 6) is 0. The molecule has 0 N–H and O–H groups in total. The highest BCUT2D eigenvalue weighted by molar-refractivity contribution is 6.22. The third-order valence-corrected chi connectivity index (χ3v) is 12.6. The Hall–Kier alpha value is -7.80. The predicted octanol–water partition coefficient (Wildman–Crippen LogP) is 16.9. The minimum Gasteiger partial charge on any atom is -0.0616 e. The maximum Gasteiger partial charge on any atom is -0.00262 e. The summed E-state index contributed by atoms with van der Waals surface area (Å²) >= 11 is 0. The van der Waals surface area contributed by atoms with Gasteiger partial charge in [-0.25, -0.2) is 0 Å². The molecule has 0 aromatic heterocycles. The van der Waals surface area contributed by atoms with Gasteiger partial charge < -0.3 is 0 Å². The highest BCUT2D eigenvalue weighted by Crippen LogP contribution is 2.45.